The number of aryl methyl sites for hydroxylation is 1. The van der Waals surface area contributed by atoms with Gasteiger partial charge in [0.25, 0.3) is 0 Å². The van der Waals surface area contributed by atoms with Crippen LogP contribution in [0.5, 0.6) is 5.75 Å². The molecule has 132 valence electrons. The van der Waals surface area contributed by atoms with Crippen LogP contribution in [0.4, 0.5) is 0 Å². The molecule has 0 amide bonds. The molecule has 0 aliphatic carbocycles. The summed E-state index contributed by atoms with van der Waals surface area (Å²) < 4.78 is 29.8. The van der Waals surface area contributed by atoms with E-state index in [1.807, 2.05) is 6.07 Å². The molecule has 0 unspecified atom stereocenters. The highest BCUT2D eigenvalue weighted by molar-refractivity contribution is 7.87. The monoisotopic (exact) mass is 387 g/mol. The summed E-state index contributed by atoms with van der Waals surface area (Å²) in [6, 6.07) is 16.1. The molecular weight excluding hydrogens is 374 g/mol. The van der Waals surface area contributed by atoms with Gasteiger partial charge in [-0.3, -0.25) is 4.79 Å². The first-order valence-electron chi connectivity index (χ1n) is 7.63. The fourth-order valence-electron chi connectivity index (χ4n) is 2.26. The Morgan fingerprint density at radius 2 is 1.62 bits per heavy atom. The maximum Gasteiger partial charge on any atom is 0.340 e. The molecule has 3 aromatic rings. The molecule has 1 heterocycles. The summed E-state index contributed by atoms with van der Waals surface area (Å²) in [5.74, 6) is -0.0558. The minimum absolute atomic E-state index is 0.0937. The van der Waals surface area contributed by atoms with Gasteiger partial charge in [0.2, 0.25) is 0 Å². The van der Waals surface area contributed by atoms with Gasteiger partial charge in [0.05, 0.1) is 6.20 Å². The van der Waals surface area contributed by atoms with Crippen molar-refractivity contribution in [2.45, 2.75) is 11.8 Å². The molecule has 0 N–H and O–H groups in total. The lowest BCUT2D eigenvalue weighted by Crippen LogP contribution is -2.10. The average molecular weight is 388 g/mol. The van der Waals surface area contributed by atoms with Crippen molar-refractivity contribution < 1.29 is 17.4 Å². The predicted molar refractivity (Wildman–Crippen MR) is 98.1 cm³/mol. The van der Waals surface area contributed by atoms with E-state index in [0.29, 0.717) is 16.7 Å². The molecule has 0 aliphatic rings. The molecule has 7 heteroatoms. The Labute approximate surface area is 156 Å². The second-order valence-corrected chi connectivity index (χ2v) is 7.44. The Morgan fingerprint density at radius 1 is 1.00 bits per heavy atom. The van der Waals surface area contributed by atoms with Crippen molar-refractivity contribution in [1.82, 2.24) is 4.98 Å². The molecule has 2 aromatic carbocycles. The molecule has 0 saturated carbocycles. The van der Waals surface area contributed by atoms with Crippen LogP contribution in [0.1, 0.15) is 21.5 Å². The summed E-state index contributed by atoms with van der Waals surface area (Å²) >= 11 is 5.81. The Kier molecular flexibility index (Phi) is 5.06. The van der Waals surface area contributed by atoms with E-state index >= 15 is 0 Å². The highest BCUT2D eigenvalue weighted by Crippen LogP contribution is 2.22. The maximum atomic E-state index is 12.4. The van der Waals surface area contributed by atoms with Gasteiger partial charge in [0, 0.05) is 11.1 Å². The smallest absolute Gasteiger partial charge is 0.340 e. The first-order chi connectivity index (χ1) is 12.4. The second-order valence-electron chi connectivity index (χ2n) is 5.54. The van der Waals surface area contributed by atoms with Crippen molar-refractivity contribution in [2.24, 2.45) is 0 Å². The van der Waals surface area contributed by atoms with Gasteiger partial charge >= 0.3 is 10.1 Å². The zero-order valence-electron chi connectivity index (χ0n) is 13.7. The third kappa shape index (κ3) is 3.92. The van der Waals surface area contributed by atoms with E-state index in [4.69, 9.17) is 15.8 Å². The predicted octanol–water partition coefficient (Wildman–Crippen LogP) is 4.04. The van der Waals surface area contributed by atoms with Crippen molar-refractivity contribution in [2.75, 3.05) is 0 Å². The molecule has 0 aliphatic heterocycles. The number of hydrogen-bond acceptors (Lipinski definition) is 5. The summed E-state index contributed by atoms with van der Waals surface area (Å²) in [4.78, 5) is 16.1. The Bertz CT molecular complexity index is 1050. The summed E-state index contributed by atoms with van der Waals surface area (Å²) in [5.41, 5.74) is 1.52. The summed E-state index contributed by atoms with van der Waals surface area (Å²) in [6.45, 7) is 1.65. The van der Waals surface area contributed by atoms with E-state index in [9.17, 15) is 13.2 Å². The first kappa shape index (κ1) is 18.1. The Balaban J connectivity index is 1.80. The van der Waals surface area contributed by atoms with Gasteiger partial charge in [0.15, 0.2) is 5.78 Å². The summed E-state index contributed by atoms with van der Waals surface area (Å²) in [6.07, 6.45) is 1.14. The van der Waals surface area contributed by atoms with Crippen molar-refractivity contribution in [3.63, 3.8) is 0 Å². The number of rotatable bonds is 5. The SMILES string of the molecule is Cc1cc(S(=O)(=O)Oc2ccc(C(=O)c3ccccc3)cc2)cnc1Cl. The maximum absolute atomic E-state index is 12.4. The van der Waals surface area contributed by atoms with Crippen LogP contribution in [0, 0.1) is 6.92 Å². The minimum Gasteiger partial charge on any atom is -0.379 e. The second kappa shape index (κ2) is 7.27. The van der Waals surface area contributed by atoms with Crippen LogP contribution >= 0.6 is 11.6 Å². The van der Waals surface area contributed by atoms with Crippen LogP contribution in [0.15, 0.2) is 71.8 Å². The molecule has 3 rings (SSSR count). The molecular formula is C19H14ClNO4S. The van der Waals surface area contributed by atoms with Crippen LogP contribution in [0.3, 0.4) is 0 Å². The van der Waals surface area contributed by atoms with Crippen LogP contribution < -0.4 is 4.18 Å². The average Bonchev–Trinajstić information content (AvgIpc) is 2.64. The van der Waals surface area contributed by atoms with E-state index in [-0.39, 0.29) is 21.6 Å². The lowest BCUT2D eigenvalue weighted by atomic mass is 10.0. The van der Waals surface area contributed by atoms with Gasteiger partial charge in [0.1, 0.15) is 15.8 Å². The number of aromatic nitrogens is 1. The van der Waals surface area contributed by atoms with Crippen LogP contribution in [0.25, 0.3) is 0 Å². The van der Waals surface area contributed by atoms with E-state index < -0.39 is 10.1 Å². The third-order valence-corrected chi connectivity index (χ3v) is 5.24. The minimum atomic E-state index is -4.04. The molecule has 0 bridgehead atoms. The standard InChI is InChI=1S/C19H14ClNO4S/c1-13-11-17(12-21-19(13)20)26(23,24)25-16-9-7-15(8-10-16)18(22)14-5-3-2-4-6-14/h2-12H,1H3. The Hall–Kier alpha value is -2.70. The number of carbonyl (C=O) groups is 1. The van der Waals surface area contributed by atoms with Crippen molar-refractivity contribution in [1.29, 1.82) is 0 Å². The topological polar surface area (TPSA) is 73.3 Å². The fraction of sp³-hybridized carbons (Fsp3) is 0.0526. The molecule has 26 heavy (non-hydrogen) atoms. The molecule has 5 nitrogen and oxygen atoms in total. The molecule has 1 aromatic heterocycles. The number of pyridine rings is 1. The summed E-state index contributed by atoms with van der Waals surface area (Å²) in [5, 5.41) is 0.229. The third-order valence-electron chi connectivity index (χ3n) is 3.64. The van der Waals surface area contributed by atoms with Gasteiger partial charge < -0.3 is 4.18 Å². The van der Waals surface area contributed by atoms with E-state index in [1.165, 1.54) is 30.3 Å². The van der Waals surface area contributed by atoms with Crippen molar-refractivity contribution in [3.8, 4) is 5.75 Å². The molecule has 0 spiro atoms. The lowest BCUT2D eigenvalue weighted by Gasteiger charge is -2.08. The highest BCUT2D eigenvalue weighted by atomic mass is 35.5. The Morgan fingerprint density at radius 3 is 2.23 bits per heavy atom. The van der Waals surface area contributed by atoms with Gasteiger partial charge in [-0.25, -0.2) is 4.98 Å². The van der Waals surface area contributed by atoms with E-state index in [1.54, 1.807) is 31.2 Å². The van der Waals surface area contributed by atoms with Crippen molar-refractivity contribution in [3.05, 3.63) is 88.7 Å². The zero-order chi connectivity index (χ0) is 18.7. The quantitative estimate of drug-likeness (QED) is 0.375. The summed E-state index contributed by atoms with van der Waals surface area (Å²) in [7, 11) is -4.04. The van der Waals surface area contributed by atoms with Gasteiger partial charge in [-0.15, -0.1) is 0 Å². The lowest BCUT2D eigenvalue weighted by molar-refractivity contribution is 0.103. The van der Waals surface area contributed by atoms with Gasteiger partial charge in [-0.2, -0.15) is 8.42 Å². The molecule has 0 saturated heterocycles. The normalized spacial score (nSPS) is 11.2. The first-order valence-corrected chi connectivity index (χ1v) is 9.42. The molecule has 0 radical (unpaired) electrons. The van der Waals surface area contributed by atoms with Gasteiger partial charge in [-0.05, 0) is 42.8 Å². The fourth-order valence-corrected chi connectivity index (χ4v) is 3.33. The number of nitrogens with zero attached hydrogens (tertiary/aromatic N) is 1. The van der Waals surface area contributed by atoms with Crippen LogP contribution in [0.2, 0.25) is 5.15 Å². The zero-order valence-corrected chi connectivity index (χ0v) is 15.3. The van der Waals surface area contributed by atoms with Gasteiger partial charge in [-0.1, -0.05) is 41.9 Å². The van der Waals surface area contributed by atoms with E-state index in [2.05, 4.69) is 4.98 Å². The van der Waals surface area contributed by atoms with E-state index in [0.717, 1.165) is 6.20 Å². The number of benzene rings is 2. The van der Waals surface area contributed by atoms with Crippen molar-refractivity contribution >= 4 is 27.5 Å². The number of carbonyl (C=O) groups excluding carboxylic acids is 1. The number of hydrogen-bond donors (Lipinski definition) is 0. The van der Waals surface area contributed by atoms with Crippen LogP contribution in [-0.4, -0.2) is 19.2 Å². The van der Waals surface area contributed by atoms with Crippen LogP contribution in [-0.2, 0) is 10.1 Å². The largest absolute Gasteiger partial charge is 0.379 e. The highest BCUT2D eigenvalue weighted by Gasteiger charge is 2.19. The molecule has 0 atom stereocenters. The molecule has 0 fully saturated rings. The number of halogens is 1. The number of ketones is 1.